The van der Waals surface area contributed by atoms with Crippen LogP contribution in [-0.2, 0) is 14.9 Å². The van der Waals surface area contributed by atoms with Crippen LogP contribution >= 0.6 is 0 Å². The summed E-state index contributed by atoms with van der Waals surface area (Å²) in [6, 6.07) is 13.2. The molecule has 0 heterocycles. The molecule has 0 bridgehead atoms. The van der Waals surface area contributed by atoms with Crippen molar-refractivity contribution >= 4 is 27.5 Å². The van der Waals surface area contributed by atoms with E-state index in [0.717, 1.165) is 0 Å². The van der Waals surface area contributed by atoms with Crippen molar-refractivity contribution in [2.75, 3.05) is 33.0 Å². The largest absolute Gasteiger partial charge is 1.00 e. The summed E-state index contributed by atoms with van der Waals surface area (Å²) in [6.07, 6.45) is -0.00288. The summed E-state index contributed by atoms with van der Waals surface area (Å²) in [5.74, 6) is -0.761. The van der Waals surface area contributed by atoms with Crippen LogP contribution in [0, 0.1) is 0 Å². The van der Waals surface area contributed by atoms with Gasteiger partial charge in [0.15, 0.2) is 5.78 Å². The monoisotopic (exact) mass is 470 g/mol. The molecule has 2 aromatic carbocycles. The second-order valence-electron chi connectivity index (χ2n) is 6.65. The Morgan fingerprint density at radius 3 is 2.12 bits per heavy atom. The van der Waals surface area contributed by atoms with Crippen molar-refractivity contribution in [3.05, 3.63) is 59.7 Å². The first-order valence-corrected chi connectivity index (χ1v) is 10.9. The number of carbonyl (C=O) groups excluding carboxylic acids is 2. The van der Waals surface area contributed by atoms with Crippen LogP contribution in [-0.4, -0.2) is 62.7 Å². The summed E-state index contributed by atoms with van der Waals surface area (Å²) in [5.41, 5.74) is 1.62. The van der Waals surface area contributed by atoms with Crippen LogP contribution in [0.3, 0.4) is 0 Å². The molecule has 2 rings (SSSR count). The molecule has 166 valence electrons. The molecule has 1 N–H and O–H groups in total. The first-order valence-electron chi connectivity index (χ1n) is 9.31. The number of hydrogen-bond acceptors (Lipinski definition) is 8. The quantitative estimate of drug-likeness (QED) is 0.145. The van der Waals surface area contributed by atoms with Crippen molar-refractivity contribution in [1.29, 1.82) is 0 Å². The third-order valence-corrected chi connectivity index (χ3v) is 4.56. The minimum Gasteiger partial charge on any atom is -0.748 e. The maximum Gasteiger partial charge on any atom is 1.00 e. The Balaban J connectivity index is 0.00000512. The first-order chi connectivity index (χ1) is 14.6. The van der Waals surface area contributed by atoms with E-state index in [0.29, 0.717) is 22.6 Å². The summed E-state index contributed by atoms with van der Waals surface area (Å²) in [4.78, 5) is 24.2. The fourth-order valence-electron chi connectivity index (χ4n) is 2.36. The van der Waals surface area contributed by atoms with Gasteiger partial charge >= 0.3 is 29.6 Å². The molecule has 0 aliphatic carbocycles. The van der Waals surface area contributed by atoms with Crippen molar-refractivity contribution in [1.82, 2.24) is 10.3 Å². The molecule has 10 nitrogen and oxygen atoms in total. The summed E-state index contributed by atoms with van der Waals surface area (Å²) < 4.78 is 36.9. The van der Waals surface area contributed by atoms with Crippen molar-refractivity contribution in [2.45, 2.75) is 6.42 Å². The molecule has 0 atom stereocenters. The van der Waals surface area contributed by atoms with Crippen LogP contribution in [0.2, 0.25) is 0 Å². The molecule has 0 spiro atoms. The Hall–Kier alpha value is -2.31. The fraction of sp³-hybridized carbons (Fsp3) is 0.300. The van der Waals surface area contributed by atoms with Crippen LogP contribution in [0.1, 0.15) is 22.3 Å². The average Bonchev–Trinajstić information content (AvgIpc) is 2.71. The third-order valence-electron chi connectivity index (χ3n) is 3.86. The van der Waals surface area contributed by atoms with Gasteiger partial charge in [-0.2, -0.15) is 0 Å². The second-order valence-corrected chi connectivity index (χ2v) is 8.17. The smallest absolute Gasteiger partial charge is 0.748 e. The molecule has 0 aliphatic heterocycles. The van der Waals surface area contributed by atoms with E-state index in [1.807, 2.05) is 0 Å². The van der Waals surface area contributed by atoms with E-state index < -0.39 is 21.8 Å². The van der Waals surface area contributed by atoms with Gasteiger partial charge in [0.25, 0.3) is 0 Å². The Morgan fingerprint density at radius 1 is 1.03 bits per heavy atom. The molecular weight excluding hydrogens is 447 g/mol. The predicted molar refractivity (Wildman–Crippen MR) is 112 cm³/mol. The molecule has 12 heteroatoms. The molecule has 0 unspecified atom stereocenters. The predicted octanol–water partition coefficient (Wildman–Crippen LogP) is -1.09. The van der Waals surface area contributed by atoms with E-state index >= 15 is 0 Å². The Labute approximate surface area is 209 Å². The summed E-state index contributed by atoms with van der Waals surface area (Å²) >= 11 is 0. The van der Waals surface area contributed by atoms with E-state index in [4.69, 9.17) is 4.74 Å². The fourth-order valence-corrected chi connectivity index (χ4v) is 2.71. The topological polar surface area (TPSA) is 141 Å². The van der Waals surface area contributed by atoms with Gasteiger partial charge in [-0.05, 0) is 48.5 Å². The Bertz CT molecular complexity index is 1030. The molecule has 0 fully saturated rings. The summed E-state index contributed by atoms with van der Waals surface area (Å²) in [6.45, 7) is -0.173. The Morgan fingerprint density at radius 2 is 1.59 bits per heavy atom. The normalized spacial score (nSPS) is 11.0. The molecule has 0 aromatic heterocycles. The number of amides is 1. The van der Waals surface area contributed by atoms with Gasteiger partial charge in [-0.25, -0.2) is 8.42 Å². The SMILES string of the molecule is CN(C)N=Nc1ccc(C(=O)c2ccc(OCCC(=O)NCCS(=O)(=O)[O-])cc2)cc1.[Na+]. The zero-order chi connectivity index (χ0) is 22.9. The Kier molecular flexibility index (Phi) is 11.5. The van der Waals surface area contributed by atoms with Crippen molar-refractivity contribution in [3.63, 3.8) is 0 Å². The summed E-state index contributed by atoms with van der Waals surface area (Å²) in [5, 5.41) is 11.8. The van der Waals surface area contributed by atoms with E-state index in [1.54, 1.807) is 67.6 Å². The van der Waals surface area contributed by atoms with E-state index in [9.17, 15) is 22.6 Å². The summed E-state index contributed by atoms with van der Waals surface area (Å²) in [7, 11) is -0.838. The van der Waals surface area contributed by atoms with Crippen LogP contribution in [0.4, 0.5) is 5.69 Å². The second kappa shape index (κ2) is 13.3. The molecule has 0 radical (unpaired) electrons. The minimum absolute atomic E-state index is 0. The third kappa shape index (κ3) is 10.3. The number of nitrogens with one attached hydrogen (secondary N) is 1. The molecular formula is C20H23N4NaO6S. The van der Waals surface area contributed by atoms with E-state index in [2.05, 4.69) is 15.7 Å². The molecule has 0 saturated heterocycles. The van der Waals surface area contributed by atoms with Gasteiger partial charge in [-0.15, -0.1) is 5.11 Å². The van der Waals surface area contributed by atoms with Crippen LogP contribution in [0.5, 0.6) is 5.75 Å². The van der Waals surface area contributed by atoms with Gasteiger partial charge in [0, 0.05) is 31.8 Å². The molecule has 0 saturated carbocycles. The zero-order valence-corrected chi connectivity index (χ0v) is 21.0. The standard InChI is InChI=1S/C20H24N4O6S.Na/c1-24(2)23-22-17-7-3-15(4-8-17)20(26)16-5-9-18(10-6-16)30-13-11-19(25)21-12-14-31(27,28)29;/h3-10H,11-14H2,1-2H3,(H,21,25)(H,27,28,29);/q;+1/p-1. The maximum absolute atomic E-state index is 12.6. The van der Waals surface area contributed by atoms with Gasteiger partial charge < -0.3 is 14.6 Å². The van der Waals surface area contributed by atoms with Crippen molar-refractivity contribution < 1.29 is 56.9 Å². The van der Waals surface area contributed by atoms with E-state index in [1.165, 1.54) is 0 Å². The molecule has 2 aromatic rings. The molecule has 32 heavy (non-hydrogen) atoms. The van der Waals surface area contributed by atoms with Gasteiger partial charge in [0.2, 0.25) is 5.91 Å². The number of nitrogens with zero attached hydrogens (tertiary/aromatic N) is 3. The molecule has 1 amide bonds. The van der Waals surface area contributed by atoms with Gasteiger partial charge in [0.1, 0.15) is 5.75 Å². The van der Waals surface area contributed by atoms with Gasteiger partial charge in [0.05, 0.1) is 34.6 Å². The molecule has 0 aliphatic rings. The minimum atomic E-state index is -4.36. The number of hydrogen-bond donors (Lipinski definition) is 1. The van der Waals surface area contributed by atoms with Crippen LogP contribution in [0.25, 0.3) is 0 Å². The average molecular weight is 470 g/mol. The van der Waals surface area contributed by atoms with Crippen LogP contribution < -0.4 is 39.6 Å². The van der Waals surface area contributed by atoms with E-state index in [-0.39, 0.29) is 54.9 Å². The number of ketones is 1. The number of carbonyl (C=O) groups is 2. The van der Waals surface area contributed by atoms with Crippen molar-refractivity contribution in [3.8, 4) is 5.75 Å². The number of ether oxygens (including phenoxy) is 1. The van der Waals surface area contributed by atoms with Crippen LogP contribution in [0.15, 0.2) is 58.9 Å². The van der Waals surface area contributed by atoms with Gasteiger partial charge in [-0.3, -0.25) is 14.6 Å². The number of rotatable bonds is 11. The maximum atomic E-state index is 12.6. The van der Waals surface area contributed by atoms with Gasteiger partial charge in [-0.1, -0.05) is 5.22 Å². The first kappa shape index (κ1) is 27.7. The number of benzene rings is 2. The zero-order valence-electron chi connectivity index (χ0n) is 18.1. The van der Waals surface area contributed by atoms with Crippen molar-refractivity contribution in [2.24, 2.45) is 10.3 Å².